The SMILES string of the molecule is Nc1ccc2ccccc2n1.c1cocn1. The molecule has 3 aromatic rings. The molecule has 80 valence electrons. The van der Waals surface area contributed by atoms with Crippen molar-refractivity contribution in [1.82, 2.24) is 9.97 Å². The Labute approximate surface area is 92.7 Å². The van der Waals surface area contributed by atoms with Crippen LogP contribution in [-0.4, -0.2) is 9.97 Å². The van der Waals surface area contributed by atoms with Crippen LogP contribution in [0.3, 0.4) is 0 Å². The molecule has 2 aromatic heterocycles. The highest BCUT2D eigenvalue weighted by molar-refractivity contribution is 5.79. The number of nitrogens with two attached hydrogens (primary N) is 1. The molecule has 0 saturated carbocycles. The van der Waals surface area contributed by atoms with E-state index in [1.165, 1.54) is 12.7 Å². The van der Waals surface area contributed by atoms with Crippen LogP contribution in [0.25, 0.3) is 10.9 Å². The van der Waals surface area contributed by atoms with Gasteiger partial charge in [-0.05, 0) is 18.2 Å². The van der Waals surface area contributed by atoms with Gasteiger partial charge < -0.3 is 10.2 Å². The molecule has 2 heterocycles. The number of anilines is 1. The zero-order valence-electron chi connectivity index (χ0n) is 8.58. The van der Waals surface area contributed by atoms with Gasteiger partial charge in [0.15, 0.2) is 6.39 Å². The average molecular weight is 213 g/mol. The van der Waals surface area contributed by atoms with Gasteiger partial charge in [-0.15, -0.1) is 0 Å². The number of hydrogen-bond acceptors (Lipinski definition) is 4. The van der Waals surface area contributed by atoms with Crippen LogP contribution in [0, 0.1) is 0 Å². The van der Waals surface area contributed by atoms with E-state index in [4.69, 9.17) is 5.73 Å². The van der Waals surface area contributed by atoms with Gasteiger partial charge in [-0.25, -0.2) is 9.97 Å². The van der Waals surface area contributed by atoms with E-state index in [-0.39, 0.29) is 0 Å². The molecule has 0 unspecified atom stereocenters. The number of para-hydroxylation sites is 1. The third kappa shape index (κ3) is 2.57. The molecule has 0 fully saturated rings. The molecule has 0 saturated heterocycles. The van der Waals surface area contributed by atoms with Crippen LogP contribution in [0.2, 0.25) is 0 Å². The van der Waals surface area contributed by atoms with Crippen LogP contribution in [0.5, 0.6) is 0 Å². The molecule has 3 rings (SSSR count). The Morgan fingerprint density at radius 1 is 1.06 bits per heavy atom. The molecule has 16 heavy (non-hydrogen) atoms. The standard InChI is InChI=1S/C9H8N2.C3H3NO/c10-9-6-5-7-3-1-2-4-8(7)11-9;1-2-5-3-4-1/h1-6H,(H2,10,11);1-3H. The number of rotatable bonds is 0. The molecular formula is C12H11N3O. The first-order chi connectivity index (χ1) is 7.86. The Bertz CT molecular complexity index is 532. The lowest BCUT2D eigenvalue weighted by Gasteiger charge is -1.95. The molecule has 0 aliphatic rings. The number of oxazole rings is 1. The van der Waals surface area contributed by atoms with Gasteiger partial charge in [-0.3, -0.25) is 0 Å². The summed E-state index contributed by atoms with van der Waals surface area (Å²) in [5, 5.41) is 1.13. The molecule has 0 aliphatic carbocycles. The normalized spacial score (nSPS) is 9.50. The van der Waals surface area contributed by atoms with E-state index in [0.29, 0.717) is 5.82 Å². The van der Waals surface area contributed by atoms with Crippen LogP contribution in [-0.2, 0) is 0 Å². The molecule has 1 aromatic carbocycles. The minimum absolute atomic E-state index is 0.573. The quantitative estimate of drug-likeness (QED) is 0.623. The van der Waals surface area contributed by atoms with E-state index in [1.807, 2.05) is 36.4 Å². The van der Waals surface area contributed by atoms with Crippen LogP contribution in [0.15, 0.2) is 59.7 Å². The van der Waals surface area contributed by atoms with E-state index < -0.39 is 0 Å². The van der Waals surface area contributed by atoms with Crippen molar-refractivity contribution >= 4 is 16.7 Å². The molecule has 0 spiro atoms. The topological polar surface area (TPSA) is 64.9 Å². The number of pyridine rings is 1. The van der Waals surface area contributed by atoms with Crippen LogP contribution in [0.1, 0.15) is 0 Å². The molecule has 4 heteroatoms. The summed E-state index contributed by atoms with van der Waals surface area (Å²) >= 11 is 0. The maximum Gasteiger partial charge on any atom is 0.180 e. The smallest absolute Gasteiger partial charge is 0.180 e. The van der Waals surface area contributed by atoms with Gasteiger partial charge >= 0.3 is 0 Å². The Morgan fingerprint density at radius 3 is 2.62 bits per heavy atom. The average Bonchev–Trinajstić information content (AvgIpc) is 2.87. The fraction of sp³-hybridized carbons (Fsp3) is 0. The zero-order valence-corrected chi connectivity index (χ0v) is 8.58. The molecule has 0 aliphatic heterocycles. The van der Waals surface area contributed by atoms with E-state index in [1.54, 1.807) is 6.20 Å². The Kier molecular flexibility index (Phi) is 3.13. The predicted octanol–water partition coefficient (Wildman–Crippen LogP) is 2.49. The van der Waals surface area contributed by atoms with Crippen molar-refractivity contribution in [1.29, 1.82) is 0 Å². The van der Waals surface area contributed by atoms with Crippen molar-refractivity contribution in [2.75, 3.05) is 5.73 Å². The number of nitrogens with zero attached hydrogens (tertiary/aromatic N) is 2. The lowest BCUT2D eigenvalue weighted by atomic mass is 10.2. The summed E-state index contributed by atoms with van der Waals surface area (Å²) in [5.74, 6) is 0.573. The summed E-state index contributed by atoms with van der Waals surface area (Å²) in [7, 11) is 0. The van der Waals surface area contributed by atoms with Crippen molar-refractivity contribution in [3.8, 4) is 0 Å². The Balaban J connectivity index is 0.000000162. The molecular weight excluding hydrogens is 202 g/mol. The van der Waals surface area contributed by atoms with Crippen molar-refractivity contribution in [3.63, 3.8) is 0 Å². The van der Waals surface area contributed by atoms with E-state index in [0.717, 1.165) is 10.9 Å². The van der Waals surface area contributed by atoms with Gasteiger partial charge in [-0.2, -0.15) is 0 Å². The highest BCUT2D eigenvalue weighted by Crippen LogP contribution is 2.11. The van der Waals surface area contributed by atoms with E-state index in [2.05, 4.69) is 14.4 Å². The molecule has 0 atom stereocenters. The lowest BCUT2D eigenvalue weighted by Crippen LogP contribution is -1.88. The summed E-state index contributed by atoms with van der Waals surface area (Å²) in [4.78, 5) is 7.71. The monoisotopic (exact) mass is 213 g/mol. The summed E-state index contributed by atoms with van der Waals surface area (Å²) in [6.07, 6.45) is 4.47. The highest BCUT2D eigenvalue weighted by Gasteiger charge is 1.91. The second-order valence-electron chi connectivity index (χ2n) is 3.10. The summed E-state index contributed by atoms with van der Waals surface area (Å²) < 4.78 is 4.47. The highest BCUT2D eigenvalue weighted by atomic mass is 16.3. The van der Waals surface area contributed by atoms with E-state index >= 15 is 0 Å². The third-order valence-electron chi connectivity index (χ3n) is 1.97. The second-order valence-corrected chi connectivity index (χ2v) is 3.10. The molecule has 4 nitrogen and oxygen atoms in total. The van der Waals surface area contributed by atoms with Crippen molar-refractivity contribution in [2.24, 2.45) is 0 Å². The molecule has 0 radical (unpaired) electrons. The fourth-order valence-electron chi connectivity index (χ4n) is 1.26. The largest absolute Gasteiger partial charge is 0.452 e. The molecule has 2 N–H and O–H groups in total. The number of aromatic nitrogens is 2. The summed E-state index contributed by atoms with van der Waals surface area (Å²) in [5.41, 5.74) is 6.46. The zero-order chi connectivity index (χ0) is 11.2. The van der Waals surface area contributed by atoms with Gasteiger partial charge in [0.1, 0.15) is 12.1 Å². The third-order valence-corrected chi connectivity index (χ3v) is 1.97. The second kappa shape index (κ2) is 4.93. The first-order valence-corrected chi connectivity index (χ1v) is 4.80. The van der Waals surface area contributed by atoms with Crippen molar-refractivity contribution < 1.29 is 4.42 Å². The van der Waals surface area contributed by atoms with Gasteiger partial charge in [0.05, 0.1) is 11.7 Å². The minimum Gasteiger partial charge on any atom is -0.452 e. The van der Waals surface area contributed by atoms with Gasteiger partial charge in [0, 0.05) is 5.39 Å². The lowest BCUT2D eigenvalue weighted by molar-refractivity contribution is 0.558. The Morgan fingerprint density at radius 2 is 1.94 bits per heavy atom. The maximum absolute atomic E-state index is 5.51. The van der Waals surface area contributed by atoms with Gasteiger partial charge in [0.25, 0.3) is 0 Å². The van der Waals surface area contributed by atoms with Gasteiger partial charge in [0.2, 0.25) is 0 Å². The molecule has 0 amide bonds. The fourth-order valence-corrected chi connectivity index (χ4v) is 1.26. The van der Waals surface area contributed by atoms with Crippen LogP contribution < -0.4 is 5.73 Å². The van der Waals surface area contributed by atoms with Crippen LogP contribution in [0.4, 0.5) is 5.82 Å². The van der Waals surface area contributed by atoms with Gasteiger partial charge in [-0.1, -0.05) is 18.2 Å². The van der Waals surface area contributed by atoms with E-state index in [9.17, 15) is 0 Å². The summed E-state index contributed by atoms with van der Waals surface area (Å²) in [6.45, 7) is 0. The van der Waals surface area contributed by atoms with Crippen LogP contribution >= 0.6 is 0 Å². The van der Waals surface area contributed by atoms with Crippen molar-refractivity contribution in [2.45, 2.75) is 0 Å². The number of hydrogen-bond donors (Lipinski definition) is 1. The minimum atomic E-state index is 0.573. The van der Waals surface area contributed by atoms with Crippen molar-refractivity contribution in [3.05, 3.63) is 55.3 Å². The maximum atomic E-state index is 5.51. The predicted molar refractivity (Wildman–Crippen MR) is 62.7 cm³/mol. The number of fused-ring (bicyclic) bond motifs is 1. The Hall–Kier alpha value is -2.36. The number of benzene rings is 1. The number of nitrogen functional groups attached to an aromatic ring is 1. The summed E-state index contributed by atoms with van der Waals surface area (Å²) in [6, 6.07) is 11.7. The first kappa shape index (κ1) is 10.2. The first-order valence-electron chi connectivity index (χ1n) is 4.80. The molecule has 0 bridgehead atoms.